The van der Waals surface area contributed by atoms with Gasteiger partial charge in [-0.3, -0.25) is 0 Å². The van der Waals surface area contributed by atoms with Crippen LogP contribution >= 0.6 is 0 Å². The van der Waals surface area contributed by atoms with Crippen molar-refractivity contribution >= 4 is 35.1 Å². The summed E-state index contributed by atoms with van der Waals surface area (Å²) in [5, 5.41) is 0. The molecule has 0 aromatic heterocycles. The maximum atomic E-state index is 7.33. The minimum atomic E-state index is -4.61. The summed E-state index contributed by atoms with van der Waals surface area (Å²) in [6.45, 7) is 0. The Kier molecular flexibility index (Phi) is 10.8. The Morgan fingerprint density at radius 3 is 0.857 bits per heavy atom. The van der Waals surface area contributed by atoms with E-state index >= 15 is 0 Å². The van der Waals surface area contributed by atoms with E-state index in [-0.39, 0.29) is 26.0 Å². The predicted molar refractivity (Wildman–Crippen MR) is 35.9 cm³/mol. The molecule has 7 heavy (non-hydrogen) atoms. The molecule has 46 valence electrons. The van der Waals surface area contributed by atoms with Crippen molar-refractivity contribution < 1.29 is 19.2 Å². The van der Waals surface area contributed by atoms with Crippen molar-refractivity contribution in [2.45, 2.75) is 0 Å². The summed E-state index contributed by atoms with van der Waals surface area (Å²) in [4.78, 5) is 29.3. The molecule has 0 fully saturated rings. The number of hydrogen-bond donors (Lipinski definition) is 4. The fourth-order valence-electron chi connectivity index (χ4n) is 0. The van der Waals surface area contributed by atoms with Crippen molar-refractivity contribution in [3.63, 3.8) is 0 Å². The second-order valence-corrected chi connectivity index (χ2v) is 1.80. The van der Waals surface area contributed by atoms with Gasteiger partial charge >= 0.3 is 26.6 Å². The van der Waals surface area contributed by atoms with Crippen molar-refractivity contribution in [3.05, 3.63) is 0 Å². The molecule has 0 rings (SSSR count). The first-order chi connectivity index (χ1) is 2.00. The van der Waals surface area contributed by atoms with E-state index in [1.807, 2.05) is 0 Å². The number of hydrogen-bond acceptors (Lipinski definition) is 4. The van der Waals surface area contributed by atoms with Crippen LogP contribution in [0.15, 0.2) is 0 Å². The van der Waals surface area contributed by atoms with Crippen molar-refractivity contribution in [1.82, 2.24) is 0 Å². The molecule has 0 spiro atoms. The third-order valence-corrected chi connectivity index (χ3v) is 0. The summed E-state index contributed by atoms with van der Waals surface area (Å²) in [5.41, 5.74) is 0. The van der Waals surface area contributed by atoms with Gasteiger partial charge in [0, 0.05) is 0 Å². The second-order valence-electron chi connectivity index (χ2n) is 0.600. The van der Waals surface area contributed by atoms with Gasteiger partial charge in [0.05, 0.1) is 8.41 Å². The van der Waals surface area contributed by atoms with E-state index in [9.17, 15) is 0 Å². The van der Waals surface area contributed by atoms with Gasteiger partial charge in [-0.05, 0) is 0 Å². The van der Waals surface area contributed by atoms with E-state index < -0.39 is 9.05 Å². The summed E-state index contributed by atoms with van der Waals surface area (Å²) in [6, 6.07) is 0. The van der Waals surface area contributed by atoms with Crippen molar-refractivity contribution in [2.75, 3.05) is 0 Å². The fourth-order valence-corrected chi connectivity index (χ4v) is 0. The normalized spacial score (nSPS) is 8.57. The Labute approximate surface area is 54.8 Å². The van der Waals surface area contributed by atoms with Gasteiger partial charge in [-0.25, -0.2) is 0 Å². The molecule has 0 saturated heterocycles. The van der Waals surface area contributed by atoms with Gasteiger partial charge < -0.3 is 19.2 Å². The molecule has 0 aliphatic heterocycles. The molecule has 0 radical (unpaired) electrons. The Bertz CT molecular complexity index is 27.2. The van der Waals surface area contributed by atoms with Crippen LogP contribution in [0.2, 0.25) is 0 Å². The SMILES string of the molecule is B.O[Si](O)(O)O.[GeH4]. The molecule has 0 aromatic carbocycles. The van der Waals surface area contributed by atoms with Gasteiger partial charge in [-0.2, -0.15) is 0 Å². The molecule has 0 bridgehead atoms. The molecule has 0 aliphatic carbocycles. The molecule has 0 atom stereocenters. The van der Waals surface area contributed by atoms with E-state index in [1.54, 1.807) is 0 Å². The van der Waals surface area contributed by atoms with Crippen molar-refractivity contribution in [2.24, 2.45) is 0 Å². The molecule has 0 amide bonds. The molecule has 4 N–H and O–H groups in total. The molecule has 0 unspecified atom stereocenters. The summed E-state index contributed by atoms with van der Waals surface area (Å²) in [5.74, 6) is 0. The Morgan fingerprint density at radius 2 is 0.857 bits per heavy atom. The van der Waals surface area contributed by atoms with Crippen LogP contribution in [0.25, 0.3) is 0 Å². The zero-order valence-corrected chi connectivity index (χ0v) is 3.29. The fraction of sp³-hybridized carbons (Fsp3) is 0. The van der Waals surface area contributed by atoms with E-state index in [4.69, 9.17) is 19.2 Å². The molecule has 4 nitrogen and oxygen atoms in total. The summed E-state index contributed by atoms with van der Waals surface area (Å²) in [6.07, 6.45) is 0. The minimum absolute atomic E-state index is 0. The third kappa shape index (κ3) is 328. The average Bonchev–Trinajstić information content (AvgIpc) is 0.722. The topological polar surface area (TPSA) is 80.9 Å². The van der Waals surface area contributed by atoms with Gasteiger partial charge in [-0.15, -0.1) is 0 Å². The molecule has 7 heteroatoms. The van der Waals surface area contributed by atoms with Crippen LogP contribution in [0, 0.1) is 0 Å². The van der Waals surface area contributed by atoms with Crippen LogP contribution < -0.4 is 0 Å². The van der Waals surface area contributed by atoms with Crippen molar-refractivity contribution in [1.29, 1.82) is 0 Å². The zero-order valence-electron chi connectivity index (χ0n) is 2.29. The molecular formula is H11BGeO4Si. The van der Waals surface area contributed by atoms with E-state index in [2.05, 4.69) is 0 Å². The monoisotopic (exact) mass is 188 g/mol. The molecule has 0 aromatic rings. The summed E-state index contributed by atoms with van der Waals surface area (Å²) >= 11 is 0. The quantitative estimate of drug-likeness (QED) is 0.285. The first kappa shape index (κ1) is 15.6. The summed E-state index contributed by atoms with van der Waals surface area (Å²) < 4.78 is 0. The van der Waals surface area contributed by atoms with Crippen LogP contribution in [0.4, 0.5) is 0 Å². The van der Waals surface area contributed by atoms with E-state index in [1.165, 1.54) is 0 Å². The van der Waals surface area contributed by atoms with Gasteiger partial charge in [0.2, 0.25) is 0 Å². The molecule has 0 saturated carbocycles. The predicted octanol–water partition coefficient (Wildman–Crippen LogP) is -5.24. The molecule has 0 aliphatic rings. The first-order valence-corrected chi connectivity index (χ1v) is 2.68. The Morgan fingerprint density at radius 1 is 0.857 bits per heavy atom. The molecular weight excluding hydrogens is 176 g/mol. The van der Waals surface area contributed by atoms with Crippen LogP contribution in [-0.2, 0) is 0 Å². The maximum absolute atomic E-state index is 7.33. The van der Waals surface area contributed by atoms with Gasteiger partial charge in [-0.1, -0.05) is 0 Å². The second kappa shape index (κ2) is 4.81. The van der Waals surface area contributed by atoms with Gasteiger partial charge in [0.1, 0.15) is 0 Å². The van der Waals surface area contributed by atoms with Crippen LogP contribution in [0.1, 0.15) is 0 Å². The molecule has 0 heterocycles. The average molecular weight is 187 g/mol. The van der Waals surface area contributed by atoms with E-state index in [0.717, 1.165) is 0 Å². The number of rotatable bonds is 0. The van der Waals surface area contributed by atoms with Crippen LogP contribution in [0.5, 0.6) is 0 Å². The van der Waals surface area contributed by atoms with Crippen LogP contribution in [0.3, 0.4) is 0 Å². The Hall–Kier alpha value is 0.665. The first-order valence-electron chi connectivity index (χ1n) is 0.894. The van der Waals surface area contributed by atoms with E-state index in [0.29, 0.717) is 0 Å². The van der Waals surface area contributed by atoms with Gasteiger partial charge in [0.15, 0.2) is 0 Å². The van der Waals surface area contributed by atoms with Gasteiger partial charge in [0.25, 0.3) is 0 Å². The Balaban J connectivity index is -0.0000000800. The summed E-state index contributed by atoms with van der Waals surface area (Å²) in [7, 11) is -4.61. The van der Waals surface area contributed by atoms with Crippen LogP contribution in [-0.4, -0.2) is 54.2 Å². The van der Waals surface area contributed by atoms with Crippen molar-refractivity contribution in [3.8, 4) is 0 Å². The third-order valence-electron chi connectivity index (χ3n) is 0. The zero-order chi connectivity index (χ0) is 4.50. The standard InChI is InChI=1S/BH3.GeH4.H4O4Si/c;;1-5(2,3)4/h1H3;1H4;1-4H.